The lowest BCUT2D eigenvalue weighted by molar-refractivity contribution is 0.244. The molecule has 7 nitrogen and oxygen atoms in total. The molecule has 128 valence electrons. The number of nitrogens with one attached hydrogen (secondary N) is 2. The van der Waals surface area contributed by atoms with Crippen molar-refractivity contribution in [2.24, 2.45) is 0 Å². The molecule has 3 aromatic rings. The zero-order valence-electron chi connectivity index (χ0n) is 14.2. The average Bonchev–Trinajstić information content (AvgIpc) is 2.62. The van der Waals surface area contributed by atoms with Gasteiger partial charge in [-0.2, -0.15) is 10.1 Å². The van der Waals surface area contributed by atoms with Gasteiger partial charge in [-0.3, -0.25) is 4.98 Å². The first-order valence-electron chi connectivity index (χ1n) is 8.06. The molecule has 2 aromatic heterocycles. The lowest BCUT2D eigenvalue weighted by Gasteiger charge is -2.15. The van der Waals surface area contributed by atoms with Crippen LogP contribution < -0.4 is 15.4 Å². The fraction of sp³-hybridized carbons (Fsp3) is 0.222. The maximum absolute atomic E-state index is 5.81. The van der Waals surface area contributed by atoms with Crippen LogP contribution >= 0.6 is 0 Å². The van der Waals surface area contributed by atoms with Gasteiger partial charge in [0, 0.05) is 18.9 Å². The maximum Gasteiger partial charge on any atom is 0.244 e. The Balaban J connectivity index is 1.70. The molecule has 0 saturated heterocycles. The van der Waals surface area contributed by atoms with E-state index < -0.39 is 0 Å². The molecule has 0 aliphatic rings. The highest BCUT2D eigenvalue weighted by molar-refractivity contribution is 5.64. The van der Waals surface area contributed by atoms with E-state index in [-0.39, 0.29) is 6.10 Å². The monoisotopic (exact) mass is 336 g/mol. The molecule has 0 aliphatic heterocycles. The van der Waals surface area contributed by atoms with Crippen molar-refractivity contribution in [2.45, 2.75) is 26.5 Å². The number of hydrogen-bond donors (Lipinski definition) is 2. The smallest absolute Gasteiger partial charge is 0.244 e. The molecule has 0 amide bonds. The lowest BCUT2D eigenvalue weighted by atomic mass is 10.3. The standard InChI is InChI=1S/C18H20N6O/c1-13(2)25-16-6-4-3-5-15(16)22-17-12-21-24-18(23-17)20-11-14-7-9-19-10-8-14/h3-10,12-13H,11H2,1-2H3,(H2,20,22,23,24). The Morgan fingerprint density at radius 2 is 1.88 bits per heavy atom. The SMILES string of the molecule is CC(C)Oc1ccccc1Nc1cnnc(NCc2ccncc2)n1. The van der Waals surface area contributed by atoms with E-state index in [1.54, 1.807) is 18.6 Å². The molecule has 0 unspecified atom stereocenters. The molecule has 0 atom stereocenters. The number of nitrogens with zero attached hydrogens (tertiary/aromatic N) is 4. The summed E-state index contributed by atoms with van der Waals surface area (Å²) in [6.07, 6.45) is 5.16. The van der Waals surface area contributed by atoms with Crippen molar-refractivity contribution >= 4 is 17.5 Å². The summed E-state index contributed by atoms with van der Waals surface area (Å²) in [5.41, 5.74) is 1.92. The first-order valence-corrected chi connectivity index (χ1v) is 8.06. The molecule has 2 heterocycles. The summed E-state index contributed by atoms with van der Waals surface area (Å²) in [5, 5.41) is 14.4. The van der Waals surface area contributed by atoms with Crippen LogP contribution in [0.25, 0.3) is 0 Å². The second-order valence-electron chi connectivity index (χ2n) is 5.66. The molecule has 0 saturated carbocycles. The minimum absolute atomic E-state index is 0.0871. The summed E-state index contributed by atoms with van der Waals surface area (Å²) in [7, 11) is 0. The minimum Gasteiger partial charge on any atom is -0.489 e. The fourth-order valence-corrected chi connectivity index (χ4v) is 2.19. The number of ether oxygens (including phenoxy) is 1. The normalized spacial score (nSPS) is 10.5. The van der Waals surface area contributed by atoms with Crippen LogP contribution in [0.4, 0.5) is 17.5 Å². The van der Waals surface area contributed by atoms with Gasteiger partial charge in [0.2, 0.25) is 5.95 Å². The van der Waals surface area contributed by atoms with Crippen molar-refractivity contribution in [1.29, 1.82) is 0 Å². The summed E-state index contributed by atoms with van der Waals surface area (Å²) < 4.78 is 5.81. The quantitative estimate of drug-likeness (QED) is 0.684. The Kier molecular flexibility index (Phi) is 5.36. The van der Waals surface area contributed by atoms with Crippen LogP contribution in [0.15, 0.2) is 55.0 Å². The molecule has 0 bridgehead atoms. The van der Waals surface area contributed by atoms with E-state index in [1.807, 2.05) is 50.2 Å². The first kappa shape index (κ1) is 16.6. The molecule has 1 aromatic carbocycles. The van der Waals surface area contributed by atoms with E-state index in [0.29, 0.717) is 18.3 Å². The van der Waals surface area contributed by atoms with Gasteiger partial charge in [-0.1, -0.05) is 12.1 Å². The maximum atomic E-state index is 5.81. The minimum atomic E-state index is 0.0871. The molecular formula is C18H20N6O. The molecule has 0 spiro atoms. The summed E-state index contributed by atoms with van der Waals surface area (Å²) in [6, 6.07) is 11.6. The predicted molar refractivity (Wildman–Crippen MR) is 96.9 cm³/mol. The average molecular weight is 336 g/mol. The van der Waals surface area contributed by atoms with Gasteiger partial charge in [0.05, 0.1) is 18.0 Å². The summed E-state index contributed by atoms with van der Waals surface area (Å²) >= 11 is 0. The Hall–Kier alpha value is -3.22. The highest BCUT2D eigenvalue weighted by Gasteiger charge is 2.07. The van der Waals surface area contributed by atoms with Crippen LogP contribution in [-0.2, 0) is 6.54 Å². The summed E-state index contributed by atoms with van der Waals surface area (Å²) in [5.74, 6) is 1.80. The van der Waals surface area contributed by atoms with Crippen LogP contribution in [0, 0.1) is 0 Å². The molecule has 0 aliphatic carbocycles. The van der Waals surface area contributed by atoms with E-state index in [2.05, 4.69) is 30.8 Å². The van der Waals surface area contributed by atoms with Gasteiger partial charge in [0.1, 0.15) is 5.75 Å². The van der Waals surface area contributed by atoms with E-state index >= 15 is 0 Å². The van der Waals surface area contributed by atoms with Gasteiger partial charge in [-0.25, -0.2) is 0 Å². The highest BCUT2D eigenvalue weighted by Crippen LogP contribution is 2.27. The third kappa shape index (κ3) is 4.87. The predicted octanol–water partition coefficient (Wildman–Crippen LogP) is 3.41. The number of rotatable bonds is 7. The zero-order chi connectivity index (χ0) is 17.5. The van der Waals surface area contributed by atoms with Crippen molar-refractivity contribution < 1.29 is 4.74 Å². The van der Waals surface area contributed by atoms with Gasteiger partial charge >= 0.3 is 0 Å². The second kappa shape index (κ2) is 8.05. The van der Waals surface area contributed by atoms with E-state index in [4.69, 9.17) is 4.74 Å². The largest absolute Gasteiger partial charge is 0.489 e. The number of aromatic nitrogens is 4. The summed E-state index contributed by atoms with van der Waals surface area (Å²) in [6.45, 7) is 4.58. The van der Waals surface area contributed by atoms with Crippen LogP contribution in [0.1, 0.15) is 19.4 Å². The molecule has 3 rings (SSSR count). The number of para-hydroxylation sites is 2. The molecule has 25 heavy (non-hydrogen) atoms. The van der Waals surface area contributed by atoms with Crippen LogP contribution in [-0.4, -0.2) is 26.3 Å². The molecule has 7 heteroatoms. The van der Waals surface area contributed by atoms with E-state index in [9.17, 15) is 0 Å². The zero-order valence-corrected chi connectivity index (χ0v) is 14.2. The third-order valence-electron chi connectivity index (χ3n) is 3.27. The first-order chi connectivity index (χ1) is 12.2. The number of hydrogen-bond acceptors (Lipinski definition) is 7. The van der Waals surface area contributed by atoms with Gasteiger partial charge in [-0.15, -0.1) is 5.10 Å². The second-order valence-corrected chi connectivity index (χ2v) is 5.66. The van der Waals surface area contributed by atoms with Crippen molar-refractivity contribution in [3.05, 3.63) is 60.6 Å². The van der Waals surface area contributed by atoms with Gasteiger partial charge in [0.15, 0.2) is 5.82 Å². The number of benzene rings is 1. The van der Waals surface area contributed by atoms with Crippen LogP contribution in [0.2, 0.25) is 0 Å². The Bertz CT molecular complexity index is 809. The van der Waals surface area contributed by atoms with Crippen molar-refractivity contribution in [1.82, 2.24) is 20.2 Å². The highest BCUT2D eigenvalue weighted by atomic mass is 16.5. The topological polar surface area (TPSA) is 84.9 Å². The molecule has 2 N–H and O–H groups in total. The van der Waals surface area contributed by atoms with Crippen molar-refractivity contribution in [3.8, 4) is 5.75 Å². The van der Waals surface area contributed by atoms with Crippen LogP contribution in [0.3, 0.4) is 0 Å². The van der Waals surface area contributed by atoms with Crippen molar-refractivity contribution in [3.63, 3.8) is 0 Å². The Labute approximate surface area is 146 Å². The van der Waals surface area contributed by atoms with Gasteiger partial charge in [-0.05, 0) is 43.7 Å². The van der Waals surface area contributed by atoms with Gasteiger partial charge < -0.3 is 15.4 Å². The Morgan fingerprint density at radius 1 is 1.08 bits per heavy atom. The molecule has 0 radical (unpaired) electrons. The van der Waals surface area contributed by atoms with E-state index in [1.165, 1.54) is 0 Å². The van der Waals surface area contributed by atoms with E-state index in [0.717, 1.165) is 17.0 Å². The Morgan fingerprint density at radius 3 is 2.68 bits per heavy atom. The third-order valence-corrected chi connectivity index (χ3v) is 3.27. The number of anilines is 3. The van der Waals surface area contributed by atoms with Gasteiger partial charge in [0.25, 0.3) is 0 Å². The molecular weight excluding hydrogens is 316 g/mol. The molecule has 0 fully saturated rings. The number of pyridine rings is 1. The van der Waals surface area contributed by atoms with Crippen LogP contribution in [0.5, 0.6) is 5.75 Å². The fourth-order valence-electron chi connectivity index (χ4n) is 2.19. The summed E-state index contributed by atoms with van der Waals surface area (Å²) in [4.78, 5) is 8.43. The van der Waals surface area contributed by atoms with Crippen molar-refractivity contribution in [2.75, 3.05) is 10.6 Å². The lowest BCUT2D eigenvalue weighted by Crippen LogP contribution is -2.09.